The number of aromatic nitrogens is 1. The van der Waals surface area contributed by atoms with E-state index < -0.39 is 73.2 Å². The summed E-state index contributed by atoms with van der Waals surface area (Å²) in [5, 5.41) is 10.4. The highest BCUT2D eigenvalue weighted by atomic mass is 32.2. The van der Waals surface area contributed by atoms with E-state index in [1.807, 2.05) is 65.1 Å². The Morgan fingerprint density at radius 3 is 2.52 bits per heavy atom. The molecule has 1 aromatic carbocycles. The number of benzene rings is 1. The van der Waals surface area contributed by atoms with Gasteiger partial charge in [-0.25, -0.2) is 18.2 Å². The molecule has 0 spiro atoms. The molecule has 5 aliphatic rings. The summed E-state index contributed by atoms with van der Waals surface area (Å²) in [4.78, 5) is 65.6. The van der Waals surface area contributed by atoms with Gasteiger partial charge in [0, 0.05) is 41.9 Å². The van der Waals surface area contributed by atoms with Crippen LogP contribution in [0.3, 0.4) is 0 Å². The zero-order valence-corrected chi connectivity index (χ0v) is 35.8. The monoisotopic (exact) mass is 821 g/mol. The fourth-order valence-corrected chi connectivity index (χ4v) is 9.92. The van der Waals surface area contributed by atoms with E-state index in [4.69, 9.17) is 9.47 Å². The topological polar surface area (TPSA) is 188 Å². The highest BCUT2D eigenvalue weighted by Gasteiger charge is 2.63. The summed E-state index contributed by atoms with van der Waals surface area (Å²) in [6.45, 7) is 14.2. The highest BCUT2D eigenvalue weighted by Crippen LogP contribution is 2.48. The van der Waals surface area contributed by atoms with E-state index >= 15 is 4.79 Å². The molecule has 0 bridgehead atoms. The molecule has 3 aliphatic heterocycles. The van der Waals surface area contributed by atoms with Gasteiger partial charge in [0.2, 0.25) is 27.7 Å². The predicted molar refractivity (Wildman–Crippen MR) is 220 cm³/mol. The van der Waals surface area contributed by atoms with Gasteiger partial charge in [-0.2, -0.15) is 0 Å². The number of pyridine rings is 1. The number of carbonyl (C=O) groups excluding carboxylic acids is 4. The molecule has 2 aromatic rings. The summed E-state index contributed by atoms with van der Waals surface area (Å²) in [5.41, 5.74) is -2.64. The molecule has 16 heteroatoms. The number of carbonyl (C=O) groups is 4. The van der Waals surface area contributed by atoms with Crippen LogP contribution in [0.4, 0.5) is 10.5 Å². The molecule has 316 valence electrons. The Morgan fingerprint density at radius 1 is 1.07 bits per heavy atom. The van der Waals surface area contributed by atoms with Crippen molar-refractivity contribution in [1.29, 1.82) is 0 Å². The van der Waals surface area contributed by atoms with Crippen LogP contribution in [0.25, 0.3) is 10.8 Å². The Morgan fingerprint density at radius 2 is 1.81 bits per heavy atom. The number of allylic oxidation sites excluding steroid dienone is 1. The summed E-state index contributed by atoms with van der Waals surface area (Å²) >= 11 is 0. The van der Waals surface area contributed by atoms with Gasteiger partial charge in [0.05, 0.1) is 23.5 Å². The summed E-state index contributed by atoms with van der Waals surface area (Å²) < 4.78 is 40.5. The van der Waals surface area contributed by atoms with Crippen molar-refractivity contribution >= 4 is 50.2 Å². The van der Waals surface area contributed by atoms with Gasteiger partial charge in [0.15, 0.2) is 5.75 Å². The fraction of sp³-hybridized carbons (Fsp3) is 0.643. The number of hydrogen-bond donors (Lipinski definition) is 4. The summed E-state index contributed by atoms with van der Waals surface area (Å²) in [6.07, 6.45) is 7.97. The van der Waals surface area contributed by atoms with Crippen molar-refractivity contribution in [3.05, 3.63) is 36.5 Å². The van der Waals surface area contributed by atoms with E-state index in [0.29, 0.717) is 43.6 Å². The largest absolute Gasteiger partial charge is 0.489 e. The Balaban J connectivity index is 1.25. The first-order chi connectivity index (χ1) is 27.2. The number of urea groups is 1. The van der Waals surface area contributed by atoms with Gasteiger partial charge < -0.3 is 35.2 Å². The number of likely N-dealkylation sites (N-methyl/N-ethyl adjacent to an activating group) is 1. The van der Waals surface area contributed by atoms with E-state index in [1.165, 1.54) is 4.90 Å². The molecule has 4 N–H and O–H groups in total. The molecular formula is C42H59N7O8S. The zero-order chi connectivity index (χ0) is 42.0. The van der Waals surface area contributed by atoms with Gasteiger partial charge in [0.25, 0.3) is 5.91 Å². The van der Waals surface area contributed by atoms with Crippen molar-refractivity contribution < 1.29 is 37.1 Å². The highest BCUT2D eigenvalue weighted by molar-refractivity contribution is 7.91. The molecule has 15 nitrogen and oxygen atoms in total. The SMILES string of the molecule is CC1CCC=CC2CC2(C(=O)NS(=O)(=O)C2(C)CC2)NC(=O)C2CC(Oc3nccc4c5c(ccc34)N(C)CCO5)CN2C(=O)C(C)(NC(=O)NC(C)(C)C)C(C)C1. The molecular weight excluding hydrogens is 763 g/mol. The first kappa shape index (κ1) is 41.6. The molecule has 5 amide bonds. The first-order valence-electron chi connectivity index (χ1n) is 20.6. The van der Waals surface area contributed by atoms with Crippen LogP contribution < -0.4 is 35.0 Å². The zero-order valence-electron chi connectivity index (χ0n) is 34.9. The molecule has 2 aliphatic carbocycles. The number of nitrogens with zero attached hydrogens (tertiary/aromatic N) is 3. The molecule has 7 atom stereocenters. The molecule has 0 radical (unpaired) electrons. The van der Waals surface area contributed by atoms with Crippen LogP contribution in [0.1, 0.15) is 93.4 Å². The molecule has 7 rings (SSSR count). The van der Waals surface area contributed by atoms with E-state index in [9.17, 15) is 22.8 Å². The van der Waals surface area contributed by atoms with E-state index in [2.05, 4.69) is 37.5 Å². The third kappa shape index (κ3) is 7.92. The maximum atomic E-state index is 15.2. The van der Waals surface area contributed by atoms with E-state index in [0.717, 1.165) is 29.8 Å². The lowest BCUT2D eigenvalue weighted by Gasteiger charge is -2.41. The Bertz CT molecular complexity index is 2130. The van der Waals surface area contributed by atoms with Crippen molar-refractivity contribution in [2.75, 3.05) is 31.6 Å². The Labute approximate surface area is 341 Å². The van der Waals surface area contributed by atoms with Gasteiger partial charge in [-0.05, 0) is 103 Å². The predicted octanol–water partition coefficient (Wildman–Crippen LogP) is 4.15. The number of amides is 5. The average Bonchev–Trinajstić information content (AvgIpc) is 4.02. The minimum Gasteiger partial charge on any atom is -0.489 e. The molecule has 58 heavy (non-hydrogen) atoms. The molecule has 1 saturated heterocycles. The van der Waals surface area contributed by atoms with Crippen LogP contribution >= 0.6 is 0 Å². The standard InChI is InChI=1S/C42H59N7O8S/c1-25-11-9-10-12-27-23-42(27,36(51)47-58(54,55)40(6)16-17-40)44-34(50)32-22-28(24-49(32)37(52)41(7,26(2)21-25)46-38(53)45-39(3,4)5)57-35-30-13-14-31-33(29(30)15-18-43-35)56-20-19-48(31)8/h10,12-15,18,25-28,32H,9,11,16-17,19-24H2,1-8H3,(H,44,50)(H,47,51)(H2,45,46,53). The number of ether oxygens (including phenoxy) is 2. The van der Waals surface area contributed by atoms with Crippen LogP contribution in [0, 0.1) is 17.8 Å². The first-order valence-corrected chi connectivity index (χ1v) is 22.0. The Kier molecular flexibility index (Phi) is 10.7. The second-order valence-corrected chi connectivity index (χ2v) is 21.0. The van der Waals surface area contributed by atoms with Crippen LogP contribution in [0.2, 0.25) is 0 Å². The fourth-order valence-electron chi connectivity index (χ4n) is 8.61. The number of rotatable bonds is 6. The van der Waals surface area contributed by atoms with Crippen LogP contribution in [-0.4, -0.2) is 102 Å². The second-order valence-electron chi connectivity index (χ2n) is 18.8. The van der Waals surface area contributed by atoms with Gasteiger partial charge in [0.1, 0.15) is 29.8 Å². The van der Waals surface area contributed by atoms with Gasteiger partial charge >= 0.3 is 6.03 Å². The van der Waals surface area contributed by atoms with Crippen molar-refractivity contribution in [1.82, 2.24) is 30.6 Å². The number of anilines is 1. The number of nitrogens with one attached hydrogen (secondary N) is 4. The smallest absolute Gasteiger partial charge is 0.316 e. The van der Waals surface area contributed by atoms with Gasteiger partial charge in [-0.1, -0.05) is 26.0 Å². The van der Waals surface area contributed by atoms with Crippen molar-refractivity contribution in [3.63, 3.8) is 0 Å². The van der Waals surface area contributed by atoms with Gasteiger partial charge in [-0.15, -0.1) is 0 Å². The summed E-state index contributed by atoms with van der Waals surface area (Å²) in [6, 6.07) is 4.09. The Hall–Kier alpha value is -4.60. The van der Waals surface area contributed by atoms with Crippen LogP contribution in [0.5, 0.6) is 11.6 Å². The minimum absolute atomic E-state index is 0.0190. The van der Waals surface area contributed by atoms with Crippen molar-refractivity contribution in [2.24, 2.45) is 17.8 Å². The third-order valence-electron chi connectivity index (χ3n) is 12.9. The molecule has 2 saturated carbocycles. The lowest BCUT2D eigenvalue weighted by molar-refractivity contribution is -0.145. The van der Waals surface area contributed by atoms with Crippen LogP contribution in [0.15, 0.2) is 36.5 Å². The van der Waals surface area contributed by atoms with Crippen LogP contribution in [-0.2, 0) is 24.4 Å². The maximum absolute atomic E-state index is 15.2. The number of fused-ring (bicyclic) bond motifs is 5. The quantitative estimate of drug-likeness (QED) is 0.309. The summed E-state index contributed by atoms with van der Waals surface area (Å²) in [7, 11) is -2.00. The van der Waals surface area contributed by atoms with E-state index in [-0.39, 0.29) is 31.2 Å². The number of sulfonamides is 1. The average molecular weight is 822 g/mol. The molecule has 7 unspecified atom stereocenters. The lowest BCUT2D eigenvalue weighted by atomic mass is 9.79. The third-order valence-corrected chi connectivity index (χ3v) is 15.0. The van der Waals surface area contributed by atoms with E-state index in [1.54, 1.807) is 20.0 Å². The molecule has 1 aromatic heterocycles. The van der Waals surface area contributed by atoms with Crippen molar-refractivity contribution in [3.8, 4) is 11.6 Å². The minimum atomic E-state index is -4.00. The summed E-state index contributed by atoms with van der Waals surface area (Å²) in [5.74, 6) is -1.50. The lowest BCUT2D eigenvalue weighted by Crippen LogP contribution is -2.66. The van der Waals surface area contributed by atoms with Gasteiger partial charge in [-0.3, -0.25) is 19.1 Å². The van der Waals surface area contributed by atoms with Crippen molar-refractivity contribution in [2.45, 2.75) is 127 Å². The molecule has 4 heterocycles. The second kappa shape index (κ2) is 14.9. The number of hydrogen-bond acceptors (Lipinski definition) is 10. The maximum Gasteiger partial charge on any atom is 0.316 e. The molecule has 3 fully saturated rings. The normalized spacial score (nSPS) is 31.0.